The normalized spacial score (nSPS) is 10.3. The lowest BCUT2D eigenvalue weighted by atomic mass is 10.1. The van der Waals surface area contributed by atoms with E-state index in [1.807, 2.05) is 0 Å². The maximum atomic E-state index is 10.5. The fraction of sp³-hybridized carbons (Fsp3) is 0.167. The quantitative estimate of drug-likeness (QED) is 0.654. The molecular weight excluding hydrogens is 252 g/mol. The first-order valence-corrected chi connectivity index (χ1v) is 5.48. The minimum absolute atomic E-state index is 0.0182. The zero-order valence-corrected chi connectivity index (χ0v) is 9.78. The predicted molar refractivity (Wildman–Crippen MR) is 64.6 cm³/mol. The van der Waals surface area contributed by atoms with E-state index in [9.17, 15) is 14.9 Å². The van der Waals surface area contributed by atoms with Crippen molar-refractivity contribution in [1.29, 1.82) is 0 Å². The van der Waals surface area contributed by atoms with E-state index in [2.05, 4.69) is 5.16 Å². The number of nitro benzene ring substituents is 1. The molecule has 0 fully saturated rings. The second kappa shape index (κ2) is 5.30. The smallest absolute Gasteiger partial charge is 0.303 e. The second-order valence-corrected chi connectivity index (χ2v) is 3.88. The monoisotopic (exact) mass is 262 g/mol. The van der Waals surface area contributed by atoms with E-state index in [1.54, 1.807) is 12.1 Å². The first kappa shape index (κ1) is 12.7. The molecule has 0 bridgehead atoms. The van der Waals surface area contributed by atoms with Crippen LogP contribution in [-0.2, 0) is 11.2 Å². The number of carboxylic acid groups (broad SMARTS) is 1. The van der Waals surface area contributed by atoms with Crippen LogP contribution in [0, 0.1) is 10.1 Å². The van der Waals surface area contributed by atoms with E-state index in [4.69, 9.17) is 9.63 Å². The molecule has 0 aliphatic carbocycles. The Hall–Kier alpha value is -2.70. The fourth-order valence-corrected chi connectivity index (χ4v) is 1.65. The molecule has 19 heavy (non-hydrogen) atoms. The van der Waals surface area contributed by atoms with Crippen LogP contribution in [0.4, 0.5) is 5.69 Å². The SMILES string of the molecule is O=C(O)CCc1cnoc1-c1ccc([N+](=O)[O-])cc1. The Labute approximate surface area is 107 Å². The Kier molecular flexibility index (Phi) is 3.56. The van der Waals surface area contributed by atoms with Crippen LogP contribution in [0.3, 0.4) is 0 Å². The van der Waals surface area contributed by atoms with Gasteiger partial charge in [0.2, 0.25) is 0 Å². The molecular formula is C12H10N2O5. The van der Waals surface area contributed by atoms with Crippen molar-refractivity contribution in [3.05, 3.63) is 46.1 Å². The van der Waals surface area contributed by atoms with Gasteiger partial charge in [-0.1, -0.05) is 5.16 Å². The fourth-order valence-electron chi connectivity index (χ4n) is 1.65. The van der Waals surface area contributed by atoms with Crippen molar-refractivity contribution >= 4 is 11.7 Å². The molecule has 1 aromatic heterocycles. The summed E-state index contributed by atoms with van der Waals surface area (Å²) in [6.45, 7) is 0. The molecule has 0 aliphatic rings. The average molecular weight is 262 g/mol. The molecule has 0 saturated heterocycles. The average Bonchev–Trinajstić information content (AvgIpc) is 2.84. The highest BCUT2D eigenvalue weighted by Gasteiger charge is 2.13. The first-order chi connectivity index (χ1) is 9.08. The van der Waals surface area contributed by atoms with Crippen LogP contribution in [0.25, 0.3) is 11.3 Å². The summed E-state index contributed by atoms with van der Waals surface area (Å²) in [6, 6.07) is 5.81. The summed E-state index contributed by atoms with van der Waals surface area (Å²) in [5, 5.41) is 22.8. The number of aliphatic carboxylic acids is 1. The van der Waals surface area contributed by atoms with Gasteiger partial charge in [0, 0.05) is 29.7 Å². The van der Waals surface area contributed by atoms with E-state index in [-0.39, 0.29) is 12.1 Å². The Morgan fingerprint density at radius 2 is 2.05 bits per heavy atom. The molecule has 0 unspecified atom stereocenters. The van der Waals surface area contributed by atoms with E-state index in [0.29, 0.717) is 23.3 Å². The van der Waals surface area contributed by atoms with Gasteiger partial charge < -0.3 is 9.63 Å². The summed E-state index contributed by atoms with van der Waals surface area (Å²) in [4.78, 5) is 20.6. The van der Waals surface area contributed by atoms with Gasteiger partial charge >= 0.3 is 5.97 Å². The Balaban J connectivity index is 2.24. The molecule has 0 saturated carbocycles. The van der Waals surface area contributed by atoms with Crippen LogP contribution in [0.5, 0.6) is 0 Å². The number of aryl methyl sites for hydroxylation is 1. The molecule has 7 heteroatoms. The molecule has 0 aliphatic heterocycles. The number of rotatable bonds is 5. The number of carbonyl (C=O) groups is 1. The van der Waals surface area contributed by atoms with Crippen LogP contribution in [0.15, 0.2) is 35.0 Å². The van der Waals surface area contributed by atoms with Crippen LogP contribution in [-0.4, -0.2) is 21.2 Å². The minimum Gasteiger partial charge on any atom is -0.481 e. The molecule has 1 heterocycles. The maximum Gasteiger partial charge on any atom is 0.303 e. The van der Waals surface area contributed by atoms with Gasteiger partial charge in [-0.3, -0.25) is 14.9 Å². The Morgan fingerprint density at radius 3 is 2.63 bits per heavy atom. The molecule has 2 aromatic rings. The largest absolute Gasteiger partial charge is 0.481 e. The van der Waals surface area contributed by atoms with Gasteiger partial charge in [0.05, 0.1) is 11.1 Å². The lowest BCUT2D eigenvalue weighted by molar-refractivity contribution is -0.384. The number of non-ortho nitro benzene ring substituents is 1. The molecule has 1 aromatic carbocycles. The molecule has 0 spiro atoms. The molecule has 7 nitrogen and oxygen atoms in total. The van der Waals surface area contributed by atoms with Crippen LogP contribution < -0.4 is 0 Å². The number of nitro groups is 1. The molecule has 98 valence electrons. The summed E-state index contributed by atoms with van der Waals surface area (Å²) in [6.07, 6.45) is 1.73. The summed E-state index contributed by atoms with van der Waals surface area (Å²) in [5.41, 5.74) is 1.27. The van der Waals surface area contributed by atoms with Gasteiger partial charge in [0.25, 0.3) is 5.69 Å². The van der Waals surface area contributed by atoms with E-state index >= 15 is 0 Å². The van der Waals surface area contributed by atoms with Crippen LogP contribution in [0.2, 0.25) is 0 Å². The minimum atomic E-state index is -0.907. The summed E-state index contributed by atoms with van der Waals surface area (Å²) >= 11 is 0. The number of aromatic nitrogens is 1. The van der Waals surface area contributed by atoms with Crippen molar-refractivity contribution in [3.8, 4) is 11.3 Å². The van der Waals surface area contributed by atoms with Crippen molar-refractivity contribution in [2.45, 2.75) is 12.8 Å². The molecule has 0 radical (unpaired) electrons. The van der Waals surface area contributed by atoms with Crippen LogP contribution in [0.1, 0.15) is 12.0 Å². The molecule has 0 amide bonds. The lowest BCUT2D eigenvalue weighted by Crippen LogP contribution is -1.97. The van der Waals surface area contributed by atoms with Gasteiger partial charge in [0.1, 0.15) is 0 Å². The maximum absolute atomic E-state index is 10.5. The number of carboxylic acids is 1. The third kappa shape index (κ3) is 2.95. The number of hydrogen-bond donors (Lipinski definition) is 1. The van der Waals surface area contributed by atoms with Gasteiger partial charge in [-0.15, -0.1) is 0 Å². The molecule has 1 N–H and O–H groups in total. The predicted octanol–water partition coefficient (Wildman–Crippen LogP) is 2.27. The van der Waals surface area contributed by atoms with E-state index in [0.717, 1.165) is 0 Å². The summed E-state index contributed by atoms with van der Waals surface area (Å²) in [5.74, 6) is -0.466. The van der Waals surface area contributed by atoms with Crippen molar-refractivity contribution < 1.29 is 19.3 Å². The number of nitrogens with zero attached hydrogens (tertiary/aromatic N) is 2. The highest BCUT2D eigenvalue weighted by Crippen LogP contribution is 2.26. The number of hydrogen-bond acceptors (Lipinski definition) is 5. The lowest BCUT2D eigenvalue weighted by Gasteiger charge is -1.99. The molecule has 2 rings (SSSR count). The van der Waals surface area contributed by atoms with Gasteiger partial charge in [0.15, 0.2) is 5.76 Å². The summed E-state index contributed by atoms with van der Waals surface area (Å²) < 4.78 is 5.07. The highest BCUT2D eigenvalue weighted by atomic mass is 16.6. The highest BCUT2D eigenvalue weighted by molar-refractivity contribution is 5.68. The first-order valence-electron chi connectivity index (χ1n) is 5.48. The third-order valence-electron chi connectivity index (χ3n) is 2.59. The van der Waals surface area contributed by atoms with E-state index in [1.165, 1.54) is 18.3 Å². The number of benzene rings is 1. The van der Waals surface area contributed by atoms with Gasteiger partial charge in [-0.25, -0.2) is 0 Å². The van der Waals surface area contributed by atoms with Crippen molar-refractivity contribution in [3.63, 3.8) is 0 Å². The van der Waals surface area contributed by atoms with Crippen molar-refractivity contribution in [1.82, 2.24) is 5.16 Å². The Morgan fingerprint density at radius 1 is 1.37 bits per heavy atom. The van der Waals surface area contributed by atoms with Crippen molar-refractivity contribution in [2.24, 2.45) is 0 Å². The third-order valence-corrected chi connectivity index (χ3v) is 2.59. The van der Waals surface area contributed by atoms with E-state index < -0.39 is 10.9 Å². The van der Waals surface area contributed by atoms with Gasteiger partial charge in [-0.2, -0.15) is 0 Å². The summed E-state index contributed by atoms with van der Waals surface area (Å²) in [7, 11) is 0. The standard InChI is InChI=1S/C12H10N2O5/c15-11(16)6-3-9-7-13-19-12(9)8-1-4-10(5-2-8)14(17)18/h1-2,4-5,7H,3,6H2,(H,15,16). The van der Waals surface area contributed by atoms with Gasteiger partial charge in [-0.05, 0) is 18.6 Å². The zero-order chi connectivity index (χ0) is 13.8. The van der Waals surface area contributed by atoms with Crippen molar-refractivity contribution in [2.75, 3.05) is 0 Å². The zero-order valence-electron chi connectivity index (χ0n) is 9.78. The molecule has 0 atom stereocenters. The topological polar surface area (TPSA) is 106 Å². The second-order valence-electron chi connectivity index (χ2n) is 3.88. The Bertz CT molecular complexity index is 603. The van der Waals surface area contributed by atoms with Crippen LogP contribution >= 0.6 is 0 Å².